The maximum Gasteiger partial charge on any atom is 0.262 e. The van der Waals surface area contributed by atoms with Crippen LogP contribution >= 0.6 is 0 Å². The van der Waals surface area contributed by atoms with Gasteiger partial charge < -0.3 is 4.79 Å². The first-order valence-corrected chi connectivity index (χ1v) is 5.50. The predicted molar refractivity (Wildman–Crippen MR) is 61.6 cm³/mol. The molecule has 0 aromatic heterocycles. The number of fused-ring (bicyclic) bond motifs is 1. The molecule has 4 nitrogen and oxygen atoms in total. The number of amides is 2. The fraction of sp³-hybridized carbons (Fsp3) is 0.308. The zero-order valence-corrected chi connectivity index (χ0v) is 9.71. The summed E-state index contributed by atoms with van der Waals surface area (Å²) >= 11 is 0. The third-order valence-corrected chi connectivity index (χ3v) is 2.95. The van der Waals surface area contributed by atoms with Crippen molar-refractivity contribution in [2.45, 2.75) is 19.9 Å². The van der Waals surface area contributed by atoms with Gasteiger partial charge in [0.2, 0.25) is 0 Å². The van der Waals surface area contributed by atoms with Gasteiger partial charge in [-0.2, -0.15) is 0 Å². The second-order valence-corrected chi connectivity index (χ2v) is 4.40. The second kappa shape index (κ2) is 4.13. The van der Waals surface area contributed by atoms with Gasteiger partial charge in [-0.25, -0.2) is 0 Å². The molecule has 88 valence electrons. The van der Waals surface area contributed by atoms with Crippen LogP contribution in [-0.2, 0) is 4.79 Å². The van der Waals surface area contributed by atoms with Crippen molar-refractivity contribution in [3.63, 3.8) is 0 Å². The average Bonchev–Trinajstić information content (AvgIpc) is 2.56. The molecule has 2 amide bonds. The van der Waals surface area contributed by atoms with Crippen molar-refractivity contribution in [2.75, 3.05) is 0 Å². The van der Waals surface area contributed by atoms with E-state index in [9.17, 15) is 14.4 Å². The normalized spacial score (nSPS) is 16.3. The quantitative estimate of drug-likeness (QED) is 0.585. The summed E-state index contributed by atoms with van der Waals surface area (Å²) in [6, 6.07) is 5.94. The number of nitrogens with zero attached hydrogens (tertiary/aromatic N) is 1. The summed E-state index contributed by atoms with van der Waals surface area (Å²) in [5.74, 6) is -0.845. The Morgan fingerprint density at radius 3 is 1.88 bits per heavy atom. The van der Waals surface area contributed by atoms with Gasteiger partial charge in [0, 0.05) is 0 Å². The molecule has 1 aromatic rings. The van der Waals surface area contributed by atoms with Gasteiger partial charge in [0.25, 0.3) is 11.8 Å². The highest BCUT2D eigenvalue weighted by Crippen LogP contribution is 2.26. The third-order valence-electron chi connectivity index (χ3n) is 2.95. The van der Waals surface area contributed by atoms with Crippen molar-refractivity contribution in [1.29, 1.82) is 0 Å². The minimum Gasteiger partial charge on any atom is -0.301 e. The third kappa shape index (κ3) is 1.65. The van der Waals surface area contributed by atoms with Crippen LogP contribution in [0.3, 0.4) is 0 Å². The van der Waals surface area contributed by atoms with E-state index in [1.54, 1.807) is 24.3 Å². The van der Waals surface area contributed by atoms with E-state index in [4.69, 9.17) is 0 Å². The molecule has 1 atom stereocenters. The molecule has 1 aliphatic rings. The summed E-state index contributed by atoms with van der Waals surface area (Å²) in [6.07, 6.45) is 0.659. The van der Waals surface area contributed by atoms with Crippen LogP contribution in [0.1, 0.15) is 34.6 Å². The van der Waals surface area contributed by atoms with E-state index in [2.05, 4.69) is 0 Å². The van der Waals surface area contributed by atoms with E-state index in [-0.39, 0.29) is 17.7 Å². The lowest BCUT2D eigenvalue weighted by molar-refractivity contribution is -0.112. The van der Waals surface area contributed by atoms with Crippen LogP contribution in [0.25, 0.3) is 0 Å². The van der Waals surface area contributed by atoms with Gasteiger partial charge in [-0.15, -0.1) is 0 Å². The van der Waals surface area contributed by atoms with Crippen LogP contribution in [0.5, 0.6) is 0 Å². The Morgan fingerprint density at radius 2 is 1.53 bits per heavy atom. The number of aldehydes is 1. The van der Waals surface area contributed by atoms with Crippen LogP contribution in [0.4, 0.5) is 0 Å². The van der Waals surface area contributed by atoms with Gasteiger partial charge in [0.15, 0.2) is 0 Å². The van der Waals surface area contributed by atoms with Crippen molar-refractivity contribution >= 4 is 18.1 Å². The fourth-order valence-corrected chi connectivity index (χ4v) is 1.99. The zero-order valence-electron chi connectivity index (χ0n) is 9.71. The first-order chi connectivity index (χ1) is 8.07. The van der Waals surface area contributed by atoms with E-state index in [1.165, 1.54) is 0 Å². The van der Waals surface area contributed by atoms with E-state index >= 15 is 0 Å². The lowest BCUT2D eigenvalue weighted by Crippen LogP contribution is -2.43. The molecule has 0 spiro atoms. The van der Waals surface area contributed by atoms with Gasteiger partial charge in [-0.3, -0.25) is 14.5 Å². The number of carbonyl (C=O) groups excluding carboxylic acids is 3. The summed E-state index contributed by atoms with van der Waals surface area (Å²) in [5, 5.41) is 0. The molecule has 0 radical (unpaired) electrons. The highest BCUT2D eigenvalue weighted by Gasteiger charge is 2.40. The standard InChI is InChI=1S/C13H13NO3/c1-8(2)11(7-15)14-12(16)9-5-3-4-6-10(9)13(14)17/h3-8,11H,1-2H3. The van der Waals surface area contributed by atoms with Crippen LogP contribution < -0.4 is 0 Å². The highest BCUT2D eigenvalue weighted by molar-refractivity contribution is 6.22. The molecular formula is C13H13NO3. The molecule has 17 heavy (non-hydrogen) atoms. The molecule has 1 aromatic carbocycles. The van der Waals surface area contributed by atoms with Crippen molar-refractivity contribution in [1.82, 2.24) is 4.90 Å². The van der Waals surface area contributed by atoms with Crippen molar-refractivity contribution < 1.29 is 14.4 Å². The number of carbonyl (C=O) groups is 3. The van der Waals surface area contributed by atoms with Gasteiger partial charge in [0.05, 0.1) is 17.2 Å². The van der Waals surface area contributed by atoms with E-state index < -0.39 is 6.04 Å². The monoisotopic (exact) mass is 231 g/mol. The maximum atomic E-state index is 12.1. The largest absolute Gasteiger partial charge is 0.301 e. The van der Waals surface area contributed by atoms with Gasteiger partial charge in [0.1, 0.15) is 6.29 Å². The zero-order chi connectivity index (χ0) is 12.6. The van der Waals surface area contributed by atoms with Crippen LogP contribution in [-0.4, -0.2) is 29.0 Å². The Morgan fingerprint density at radius 1 is 1.06 bits per heavy atom. The van der Waals surface area contributed by atoms with E-state index in [0.29, 0.717) is 17.4 Å². The Labute approximate surface area is 99.2 Å². The molecule has 0 saturated carbocycles. The Hall–Kier alpha value is -1.97. The van der Waals surface area contributed by atoms with Crippen molar-refractivity contribution in [3.8, 4) is 0 Å². The van der Waals surface area contributed by atoms with Gasteiger partial charge >= 0.3 is 0 Å². The smallest absolute Gasteiger partial charge is 0.262 e. The summed E-state index contributed by atoms with van der Waals surface area (Å²) in [4.78, 5) is 36.2. The molecule has 4 heteroatoms. The van der Waals surface area contributed by atoms with Crippen molar-refractivity contribution in [2.24, 2.45) is 5.92 Å². The topological polar surface area (TPSA) is 54.5 Å². The number of rotatable bonds is 3. The van der Waals surface area contributed by atoms with E-state index in [0.717, 1.165) is 4.90 Å². The molecule has 1 heterocycles. The number of hydrogen-bond acceptors (Lipinski definition) is 3. The lowest BCUT2D eigenvalue weighted by atomic mass is 10.0. The van der Waals surface area contributed by atoms with Crippen LogP contribution in [0.15, 0.2) is 24.3 Å². The van der Waals surface area contributed by atoms with Gasteiger partial charge in [-0.05, 0) is 18.1 Å². The maximum absolute atomic E-state index is 12.1. The molecule has 1 aliphatic heterocycles. The predicted octanol–water partition coefficient (Wildman–Crippen LogP) is 1.51. The molecular weight excluding hydrogens is 218 g/mol. The minimum absolute atomic E-state index is 0.0882. The first-order valence-electron chi connectivity index (χ1n) is 5.50. The molecule has 0 aliphatic carbocycles. The molecule has 1 unspecified atom stereocenters. The fourth-order valence-electron chi connectivity index (χ4n) is 1.99. The second-order valence-electron chi connectivity index (χ2n) is 4.40. The Kier molecular flexibility index (Phi) is 2.79. The summed E-state index contributed by atoms with van der Waals surface area (Å²) in [6.45, 7) is 3.62. The van der Waals surface area contributed by atoms with Crippen LogP contribution in [0, 0.1) is 5.92 Å². The van der Waals surface area contributed by atoms with Crippen LogP contribution in [0.2, 0.25) is 0 Å². The highest BCUT2D eigenvalue weighted by atomic mass is 16.2. The molecule has 0 saturated heterocycles. The molecule has 2 rings (SSSR count). The average molecular weight is 231 g/mol. The SMILES string of the molecule is CC(C)C(C=O)N1C(=O)c2ccccc2C1=O. The minimum atomic E-state index is -0.692. The Bertz CT molecular complexity index is 458. The Balaban J connectivity index is 2.45. The van der Waals surface area contributed by atoms with Crippen molar-refractivity contribution in [3.05, 3.63) is 35.4 Å². The number of imide groups is 1. The lowest BCUT2D eigenvalue weighted by Gasteiger charge is -2.24. The number of benzene rings is 1. The molecule has 0 fully saturated rings. The summed E-state index contributed by atoms with van der Waals surface area (Å²) < 4.78 is 0. The first kappa shape index (κ1) is 11.5. The summed E-state index contributed by atoms with van der Waals surface area (Å²) in [7, 11) is 0. The van der Waals surface area contributed by atoms with Gasteiger partial charge in [-0.1, -0.05) is 26.0 Å². The summed E-state index contributed by atoms with van der Waals surface area (Å²) in [5.41, 5.74) is 0.759. The molecule has 0 N–H and O–H groups in total. The van der Waals surface area contributed by atoms with E-state index in [1.807, 2.05) is 13.8 Å². The number of hydrogen-bond donors (Lipinski definition) is 0. The molecule has 0 bridgehead atoms.